The zero-order valence-corrected chi connectivity index (χ0v) is 18.4. The molecule has 1 saturated heterocycles. The first kappa shape index (κ1) is 23.0. The normalized spacial score (nSPS) is 14.5. The van der Waals surface area contributed by atoms with Crippen LogP contribution in [-0.2, 0) is 14.8 Å². The van der Waals surface area contributed by atoms with Gasteiger partial charge < -0.3 is 20.3 Å². The highest BCUT2D eigenvalue weighted by atomic mass is 32.2. The second kappa shape index (κ2) is 10.1. The van der Waals surface area contributed by atoms with Crippen molar-refractivity contribution in [2.24, 2.45) is 0 Å². The number of carbonyl (C=O) groups is 1. The Morgan fingerprint density at radius 3 is 2.32 bits per heavy atom. The minimum atomic E-state index is -3.69. The summed E-state index contributed by atoms with van der Waals surface area (Å²) in [5, 5.41) is 5.38. The Morgan fingerprint density at radius 2 is 1.71 bits per heavy atom. The van der Waals surface area contributed by atoms with Crippen LogP contribution in [0, 0.1) is 5.82 Å². The predicted molar refractivity (Wildman–Crippen MR) is 119 cm³/mol. The van der Waals surface area contributed by atoms with E-state index in [0.717, 1.165) is 0 Å². The van der Waals surface area contributed by atoms with Gasteiger partial charge in [-0.3, -0.25) is 0 Å². The summed E-state index contributed by atoms with van der Waals surface area (Å²) < 4.78 is 45.8. The zero-order chi connectivity index (χ0) is 22.4. The van der Waals surface area contributed by atoms with E-state index in [1.807, 2.05) is 4.90 Å². The highest BCUT2D eigenvalue weighted by Crippen LogP contribution is 2.31. The van der Waals surface area contributed by atoms with E-state index >= 15 is 0 Å². The number of amides is 2. The van der Waals surface area contributed by atoms with Crippen LogP contribution in [-0.4, -0.2) is 58.1 Å². The quantitative estimate of drug-likeness (QED) is 0.675. The predicted octanol–water partition coefficient (Wildman–Crippen LogP) is 3.34. The van der Waals surface area contributed by atoms with Crippen LogP contribution in [0.3, 0.4) is 0 Å². The Hall–Kier alpha value is -2.69. The summed E-state index contributed by atoms with van der Waals surface area (Å²) in [6.07, 6.45) is 0. The Balaban J connectivity index is 1.91. The summed E-state index contributed by atoms with van der Waals surface area (Å²) in [6.45, 7) is 6.57. The number of hydrogen-bond donors (Lipinski definition) is 2. The molecule has 10 heteroatoms. The van der Waals surface area contributed by atoms with Gasteiger partial charge >= 0.3 is 6.03 Å². The third-order valence-corrected chi connectivity index (χ3v) is 7.06. The molecular formula is C21H27FN4O4S. The number of morpholine rings is 1. The van der Waals surface area contributed by atoms with E-state index < -0.39 is 21.9 Å². The molecule has 168 valence electrons. The Kier molecular flexibility index (Phi) is 7.47. The smallest absolute Gasteiger partial charge is 0.323 e. The van der Waals surface area contributed by atoms with Crippen molar-refractivity contribution in [3.63, 3.8) is 0 Å². The van der Waals surface area contributed by atoms with Crippen LogP contribution >= 0.6 is 0 Å². The minimum Gasteiger partial charge on any atom is -0.378 e. The first-order chi connectivity index (χ1) is 14.8. The molecule has 0 bridgehead atoms. The molecule has 0 spiro atoms. The number of nitrogens with one attached hydrogen (secondary N) is 2. The first-order valence-electron chi connectivity index (χ1n) is 10.2. The molecule has 2 amide bonds. The third-order valence-electron chi connectivity index (χ3n) is 5.01. The summed E-state index contributed by atoms with van der Waals surface area (Å²) in [6, 6.07) is 9.55. The van der Waals surface area contributed by atoms with Crippen LogP contribution in [0.5, 0.6) is 0 Å². The molecule has 3 rings (SSSR count). The Labute approximate surface area is 182 Å². The number of hydrogen-bond acceptors (Lipinski definition) is 5. The first-order valence-corrected chi connectivity index (χ1v) is 11.6. The second-order valence-corrected chi connectivity index (χ2v) is 8.89. The molecule has 2 aromatic rings. The van der Waals surface area contributed by atoms with Crippen LogP contribution in [0.4, 0.5) is 26.2 Å². The summed E-state index contributed by atoms with van der Waals surface area (Å²) in [7, 11) is -3.69. The number of ether oxygens (including phenoxy) is 1. The van der Waals surface area contributed by atoms with Gasteiger partial charge in [-0.15, -0.1) is 0 Å². The number of benzene rings is 2. The van der Waals surface area contributed by atoms with Gasteiger partial charge in [-0.1, -0.05) is 13.8 Å². The van der Waals surface area contributed by atoms with E-state index in [-0.39, 0.29) is 4.90 Å². The fourth-order valence-electron chi connectivity index (χ4n) is 3.39. The van der Waals surface area contributed by atoms with E-state index in [1.54, 1.807) is 26.0 Å². The maximum atomic E-state index is 13.1. The van der Waals surface area contributed by atoms with Crippen LogP contribution in [0.15, 0.2) is 47.4 Å². The molecule has 0 aromatic heterocycles. The van der Waals surface area contributed by atoms with Crippen LogP contribution in [0.1, 0.15) is 13.8 Å². The Morgan fingerprint density at radius 1 is 1.06 bits per heavy atom. The van der Waals surface area contributed by atoms with Crippen molar-refractivity contribution in [1.29, 1.82) is 0 Å². The monoisotopic (exact) mass is 450 g/mol. The van der Waals surface area contributed by atoms with E-state index in [4.69, 9.17) is 4.74 Å². The lowest BCUT2D eigenvalue weighted by Gasteiger charge is -2.31. The highest BCUT2D eigenvalue weighted by Gasteiger charge is 2.24. The number of rotatable bonds is 7. The van der Waals surface area contributed by atoms with E-state index in [1.165, 1.54) is 34.6 Å². The van der Waals surface area contributed by atoms with Gasteiger partial charge in [0, 0.05) is 31.9 Å². The van der Waals surface area contributed by atoms with Crippen LogP contribution < -0.4 is 15.5 Å². The molecule has 2 aromatic carbocycles. The van der Waals surface area contributed by atoms with E-state index in [0.29, 0.717) is 56.5 Å². The van der Waals surface area contributed by atoms with Crippen molar-refractivity contribution >= 4 is 33.1 Å². The number of nitrogens with zero attached hydrogens (tertiary/aromatic N) is 2. The average molecular weight is 451 g/mol. The fraction of sp³-hybridized carbons (Fsp3) is 0.381. The number of urea groups is 1. The molecule has 0 unspecified atom stereocenters. The molecule has 0 radical (unpaired) electrons. The molecule has 31 heavy (non-hydrogen) atoms. The lowest BCUT2D eigenvalue weighted by Crippen LogP contribution is -2.37. The number of sulfonamides is 1. The molecule has 8 nitrogen and oxygen atoms in total. The average Bonchev–Trinajstić information content (AvgIpc) is 2.76. The van der Waals surface area contributed by atoms with Crippen molar-refractivity contribution in [3.05, 3.63) is 48.3 Å². The molecule has 1 heterocycles. The molecule has 1 aliphatic heterocycles. The SMILES string of the molecule is CCN(CC)S(=O)(=O)c1ccc(N2CCOCC2)c(NC(=O)Nc2ccc(F)cc2)c1. The second-order valence-electron chi connectivity index (χ2n) is 6.95. The molecule has 1 fully saturated rings. The van der Waals surface area contributed by atoms with Gasteiger partial charge in [0.25, 0.3) is 0 Å². The number of anilines is 3. The van der Waals surface area contributed by atoms with Crippen molar-refractivity contribution in [2.45, 2.75) is 18.7 Å². The standard InChI is InChI=1S/C21H27FN4O4S/c1-3-26(4-2)31(28,29)18-9-10-20(25-11-13-30-14-12-25)19(15-18)24-21(27)23-17-7-5-16(22)6-8-17/h5-10,15H,3-4,11-14H2,1-2H3,(H2,23,24,27). The van der Waals surface area contributed by atoms with Gasteiger partial charge in [-0.05, 0) is 42.5 Å². The lowest BCUT2D eigenvalue weighted by molar-refractivity contribution is 0.123. The zero-order valence-electron chi connectivity index (χ0n) is 17.6. The van der Waals surface area contributed by atoms with Crippen molar-refractivity contribution in [2.75, 3.05) is 54.9 Å². The lowest BCUT2D eigenvalue weighted by atomic mass is 10.2. The van der Waals surface area contributed by atoms with E-state index in [2.05, 4.69) is 10.6 Å². The van der Waals surface area contributed by atoms with Gasteiger partial charge in [0.15, 0.2) is 0 Å². The van der Waals surface area contributed by atoms with Gasteiger partial charge in [0.05, 0.1) is 29.5 Å². The number of carbonyl (C=O) groups excluding carboxylic acids is 1. The maximum Gasteiger partial charge on any atom is 0.323 e. The molecule has 0 atom stereocenters. The fourth-order valence-corrected chi connectivity index (χ4v) is 4.87. The molecular weight excluding hydrogens is 423 g/mol. The largest absolute Gasteiger partial charge is 0.378 e. The van der Waals surface area contributed by atoms with Crippen molar-refractivity contribution in [3.8, 4) is 0 Å². The number of halogens is 1. The van der Waals surface area contributed by atoms with Crippen LogP contribution in [0.25, 0.3) is 0 Å². The highest BCUT2D eigenvalue weighted by molar-refractivity contribution is 7.89. The molecule has 2 N–H and O–H groups in total. The van der Waals surface area contributed by atoms with Gasteiger partial charge in [0.1, 0.15) is 5.82 Å². The van der Waals surface area contributed by atoms with E-state index in [9.17, 15) is 17.6 Å². The summed E-state index contributed by atoms with van der Waals surface area (Å²) >= 11 is 0. The maximum absolute atomic E-state index is 13.1. The van der Waals surface area contributed by atoms with Gasteiger partial charge in [0.2, 0.25) is 10.0 Å². The Bertz CT molecular complexity index is 1000. The summed E-state index contributed by atoms with van der Waals surface area (Å²) in [5.74, 6) is -0.408. The molecule has 0 aliphatic carbocycles. The molecule has 0 saturated carbocycles. The summed E-state index contributed by atoms with van der Waals surface area (Å²) in [4.78, 5) is 14.7. The van der Waals surface area contributed by atoms with Crippen molar-refractivity contribution < 1.29 is 22.3 Å². The topological polar surface area (TPSA) is 91.0 Å². The van der Waals surface area contributed by atoms with Gasteiger partial charge in [-0.2, -0.15) is 4.31 Å². The minimum absolute atomic E-state index is 0.102. The summed E-state index contributed by atoms with van der Waals surface area (Å²) in [5.41, 5.74) is 1.49. The van der Waals surface area contributed by atoms with Crippen molar-refractivity contribution in [1.82, 2.24) is 4.31 Å². The molecule has 1 aliphatic rings. The van der Waals surface area contributed by atoms with Gasteiger partial charge in [-0.25, -0.2) is 17.6 Å². The third kappa shape index (κ3) is 5.52. The van der Waals surface area contributed by atoms with Crippen LogP contribution in [0.2, 0.25) is 0 Å².